The number of carbonyl (C=O) groups is 1. The summed E-state index contributed by atoms with van der Waals surface area (Å²) in [7, 11) is 0. The van der Waals surface area contributed by atoms with Gasteiger partial charge in [-0.15, -0.1) is 0 Å². The second-order valence-electron chi connectivity index (χ2n) is 5.49. The first kappa shape index (κ1) is 18.8. The lowest BCUT2D eigenvalue weighted by Gasteiger charge is -2.11. The number of amides is 1. The molecule has 6 nitrogen and oxygen atoms in total. The smallest absolute Gasteiger partial charge is 0.339 e. The molecule has 10 heteroatoms. The zero-order valence-corrected chi connectivity index (χ0v) is 14.4. The van der Waals surface area contributed by atoms with E-state index in [0.29, 0.717) is 11.4 Å². The molecule has 140 valence electrons. The van der Waals surface area contributed by atoms with E-state index < -0.39 is 17.6 Å². The summed E-state index contributed by atoms with van der Waals surface area (Å²) in [6.45, 7) is 0. The Morgan fingerprint density at radius 3 is 2.78 bits per heavy atom. The molecule has 0 saturated heterocycles. The molecule has 0 unspecified atom stereocenters. The maximum absolute atomic E-state index is 12.8. The van der Waals surface area contributed by atoms with Crippen molar-refractivity contribution in [2.75, 3.05) is 5.32 Å². The number of hydrogen-bond donors (Lipinski definition) is 1. The molecule has 0 atom stereocenters. The van der Waals surface area contributed by atoms with Gasteiger partial charge in [-0.2, -0.15) is 18.2 Å². The molecule has 0 fully saturated rings. The number of nitrogens with zero attached hydrogens (tertiary/aromatic N) is 3. The number of hydrogen-bond acceptors (Lipinski definition) is 5. The van der Waals surface area contributed by atoms with Crippen LogP contribution in [0.4, 0.5) is 18.9 Å². The second-order valence-corrected chi connectivity index (χ2v) is 5.90. The summed E-state index contributed by atoms with van der Waals surface area (Å²) in [5, 5.41) is 6.17. The van der Waals surface area contributed by atoms with Crippen LogP contribution in [0.3, 0.4) is 0 Å². The highest BCUT2D eigenvalue weighted by Gasteiger charge is 2.31. The van der Waals surface area contributed by atoms with Crippen molar-refractivity contribution in [2.24, 2.45) is 0 Å². The minimum atomic E-state index is -4.53. The van der Waals surface area contributed by atoms with Crippen LogP contribution in [0.25, 0.3) is 11.4 Å². The molecule has 0 aliphatic carbocycles. The monoisotopic (exact) mass is 396 g/mol. The topological polar surface area (TPSA) is 80.9 Å². The molecule has 0 bridgehead atoms. The van der Waals surface area contributed by atoms with Crippen LogP contribution in [0.2, 0.25) is 5.02 Å². The van der Waals surface area contributed by atoms with Gasteiger partial charge in [-0.3, -0.25) is 9.78 Å². The lowest BCUT2D eigenvalue weighted by molar-refractivity contribution is -0.137. The van der Waals surface area contributed by atoms with Crippen molar-refractivity contribution in [3.63, 3.8) is 0 Å². The highest BCUT2D eigenvalue weighted by molar-refractivity contribution is 6.33. The fourth-order valence-corrected chi connectivity index (χ4v) is 2.36. The van der Waals surface area contributed by atoms with Crippen LogP contribution in [-0.4, -0.2) is 21.0 Å². The van der Waals surface area contributed by atoms with Gasteiger partial charge >= 0.3 is 6.18 Å². The molecule has 1 aromatic carbocycles. The van der Waals surface area contributed by atoms with Crippen LogP contribution in [0.5, 0.6) is 0 Å². The Balaban J connectivity index is 1.62. The van der Waals surface area contributed by atoms with Crippen LogP contribution in [0, 0.1) is 0 Å². The summed E-state index contributed by atoms with van der Waals surface area (Å²) in [5.41, 5.74) is -0.356. The number of rotatable bonds is 5. The van der Waals surface area contributed by atoms with E-state index >= 15 is 0 Å². The van der Waals surface area contributed by atoms with Gasteiger partial charge < -0.3 is 9.84 Å². The van der Waals surface area contributed by atoms with Gasteiger partial charge in [0.15, 0.2) is 0 Å². The molecule has 3 rings (SSSR count). The molecule has 0 spiro atoms. The minimum absolute atomic E-state index is 0.00741. The molecule has 0 saturated carbocycles. The third-order valence-electron chi connectivity index (χ3n) is 3.52. The number of aryl methyl sites for hydroxylation is 1. The molecule has 27 heavy (non-hydrogen) atoms. The van der Waals surface area contributed by atoms with Gasteiger partial charge in [0, 0.05) is 30.8 Å². The van der Waals surface area contributed by atoms with Crippen molar-refractivity contribution >= 4 is 23.2 Å². The van der Waals surface area contributed by atoms with Crippen LogP contribution in [0.15, 0.2) is 47.2 Å². The Morgan fingerprint density at radius 2 is 2.07 bits per heavy atom. The number of alkyl halides is 3. The van der Waals surface area contributed by atoms with Gasteiger partial charge in [-0.25, -0.2) is 0 Å². The van der Waals surface area contributed by atoms with E-state index in [1.54, 1.807) is 24.5 Å². The molecule has 2 heterocycles. The van der Waals surface area contributed by atoms with Crippen molar-refractivity contribution in [1.29, 1.82) is 0 Å². The quantitative estimate of drug-likeness (QED) is 0.692. The Labute approximate surface area is 156 Å². The Hall–Kier alpha value is -2.94. The van der Waals surface area contributed by atoms with Crippen molar-refractivity contribution in [2.45, 2.75) is 19.0 Å². The van der Waals surface area contributed by atoms with Gasteiger partial charge in [0.05, 0.1) is 16.3 Å². The Morgan fingerprint density at radius 1 is 1.26 bits per heavy atom. The second kappa shape index (κ2) is 7.75. The van der Waals surface area contributed by atoms with E-state index in [1.165, 1.54) is 0 Å². The third-order valence-corrected chi connectivity index (χ3v) is 3.85. The maximum atomic E-state index is 12.8. The van der Waals surface area contributed by atoms with E-state index in [4.69, 9.17) is 16.1 Å². The molecule has 0 aliphatic heterocycles. The molecule has 1 amide bonds. The molecular formula is C17H12ClF3N4O2. The lowest BCUT2D eigenvalue weighted by atomic mass is 10.2. The van der Waals surface area contributed by atoms with E-state index in [9.17, 15) is 18.0 Å². The average Bonchev–Trinajstić information content (AvgIpc) is 3.11. The van der Waals surface area contributed by atoms with E-state index in [1.807, 2.05) is 0 Å². The van der Waals surface area contributed by atoms with Crippen LogP contribution in [0.1, 0.15) is 17.9 Å². The van der Waals surface area contributed by atoms with Gasteiger partial charge in [-0.05, 0) is 30.3 Å². The first-order valence-corrected chi connectivity index (χ1v) is 8.10. The van der Waals surface area contributed by atoms with Crippen molar-refractivity contribution in [3.05, 3.63) is 59.2 Å². The fraction of sp³-hybridized carbons (Fsp3) is 0.176. The lowest BCUT2D eigenvalue weighted by Crippen LogP contribution is -2.14. The summed E-state index contributed by atoms with van der Waals surface area (Å²) in [5.74, 6) is 0.0240. The van der Waals surface area contributed by atoms with E-state index in [-0.39, 0.29) is 29.4 Å². The normalized spacial score (nSPS) is 11.4. The number of halogens is 4. The molecule has 0 radical (unpaired) electrons. The highest BCUT2D eigenvalue weighted by atomic mass is 35.5. The van der Waals surface area contributed by atoms with E-state index in [2.05, 4.69) is 20.4 Å². The molecule has 3 aromatic rings. The molecule has 1 N–H and O–H groups in total. The summed E-state index contributed by atoms with van der Waals surface area (Å²) in [6.07, 6.45) is -1.31. The number of pyridine rings is 1. The standard InChI is InChI=1S/C17H12ClF3N4O2/c18-12-4-3-11(17(19,20)21)8-13(12)23-14(26)5-6-15-24-16(25-27-15)10-2-1-7-22-9-10/h1-4,7-9H,5-6H2,(H,23,26). The number of nitrogens with one attached hydrogen (secondary N) is 1. The summed E-state index contributed by atoms with van der Waals surface area (Å²) in [4.78, 5) is 20.1. The van der Waals surface area contributed by atoms with Crippen LogP contribution < -0.4 is 5.32 Å². The Kier molecular flexibility index (Phi) is 5.41. The zero-order chi connectivity index (χ0) is 19.4. The Bertz CT molecular complexity index is 945. The SMILES string of the molecule is O=C(CCc1nc(-c2cccnc2)no1)Nc1cc(C(F)(F)F)ccc1Cl. The number of aromatic nitrogens is 3. The van der Waals surface area contributed by atoms with E-state index in [0.717, 1.165) is 18.2 Å². The predicted molar refractivity (Wildman–Crippen MR) is 90.9 cm³/mol. The summed E-state index contributed by atoms with van der Waals surface area (Å²) in [6, 6.07) is 6.18. The summed E-state index contributed by atoms with van der Waals surface area (Å²) >= 11 is 5.85. The van der Waals surface area contributed by atoms with Crippen molar-refractivity contribution < 1.29 is 22.5 Å². The highest BCUT2D eigenvalue weighted by Crippen LogP contribution is 2.33. The number of benzene rings is 1. The average molecular weight is 397 g/mol. The minimum Gasteiger partial charge on any atom is -0.339 e. The predicted octanol–water partition coefficient (Wildman–Crippen LogP) is 4.38. The van der Waals surface area contributed by atoms with Crippen LogP contribution in [-0.2, 0) is 17.4 Å². The van der Waals surface area contributed by atoms with Gasteiger partial charge in [-0.1, -0.05) is 16.8 Å². The number of carbonyl (C=O) groups excluding carboxylic acids is 1. The molecule has 2 aromatic heterocycles. The zero-order valence-electron chi connectivity index (χ0n) is 13.6. The molecule has 0 aliphatic rings. The van der Waals surface area contributed by atoms with Gasteiger partial charge in [0.2, 0.25) is 17.6 Å². The van der Waals surface area contributed by atoms with Gasteiger partial charge in [0.25, 0.3) is 0 Å². The van der Waals surface area contributed by atoms with Crippen molar-refractivity contribution in [1.82, 2.24) is 15.1 Å². The molecular weight excluding hydrogens is 385 g/mol. The van der Waals surface area contributed by atoms with Crippen LogP contribution >= 0.6 is 11.6 Å². The van der Waals surface area contributed by atoms with Crippen molar-refractivity contribution in [3.8, 4) is 11.4 Å². The first-order valence-electron chi connectivity index (χ1n) is 7.72. The fourth-order valence-electron chi connectivity index (χ4n) is 2.20. The largest absolute Gasteiger partial charge is 0.416 e. The first-order chi connectivity index (χ1) is 12.8. The van der Waals surface area contributed by atoms with Gasteiger partial charge in [0.1, 0.15) is 0 Å². The summed E-state index contributed by atoms with van der Waals surface area (Å²) < 4.78 is 43.3. The number of anilines is 1. The maximum Gasteiger partial charge on any atom is 0.416 e. The third kappa shape index (κ3) is 4.82.